The summed E-state index contributed by atoms with van der Waals surface area (Å²) in [5, 5.41) is 4.15. The molecule has 164 valence electrons. The van der Waals surface area contributed by atoms with Crippen LogP contribution in [0.25, 0.3) is 39.2 Å². The number of aromatic nitrogens is 5. The second-order valence-electron chi connectivity index (χ2n) is 8.78. The van der Waals surface area contributed by atoms with Crippen LogP contribution in [0.5, 0.6) is 0 Å². The first-order chi connectivity index (χ1) is 16.2. The van der Waals surface area contributed by atoms with Crippen LogP contribution >= 0.6 is 0 Å². The lowest BCUT2D eigenvalue weighted by Crippen LogP contribution is -2.04. The number of benzene rings is 3. The van der Waals surface area contributed by atoms with E-state index in [9.17, 15) is 0 Å². The molecule has 1 fully saturated rings. The third kappa shape index (κ3) is 3.82. The highest BCUT2D eigenvalue weighted by molar-refractivity contribution is 5.82. The molecule has 2 aromatic heterocycles. The Morgan fingerprint density at radius 3 is 2.45 bits per heavy atom. The average Bonchev–Trinajstić information content (AvgIpc) is 3.54. The highest BCUT2D eigenvalue weighted by Gasteiger charge is 2.16. The maximum Gasteiger partial charge on any atom is 0.141 e. The Kier molecular flexibility index (Phi) is 4.98. The fraction of sp³-hybridized carbons (Fsp3) is 0.222. The number of rotatable bonds is 4. The van der Waals surface area contributed by atoms with E-state index in [1.165, 1.54) is 44.0 Å². The number of nitrogens with one attached hydrogen (secondary N) is 1. The third-order valence-electron chi connectivity index (χ3n) is 6.69. The van der Waals surface area contributed by atoms with E-state index in [0.717, 1.165) is 27.8 Å². The van der Waals surface area contributed by atoms with E-state index in [2.05, 4.69) is 44.3 Å². The minimum atomic E-state index is -0.292. The third-order valence-corrected chi connectivity index (χ3v) is 6.69. The normalized spacial score (nSPS) is 14.7. The Bertz CT molecular complexity index is 1400. The summed E-state index contributed by atoms with van der Waals surface area (Å²) in [7, 11) is 0. The smallest absolute Gasteiger partial charge is 0.141 e. The van der Waals surface area contributed by atoms with Gasteiger partial charge in [0, 0.05) is 0 Å². The van der Waals surface area contributed by atoms with Crippen molar-refractivity contribution in [3.63, 3.8) is 0 Å². The molecule has 0 unspecified atom stereocenters. The monoisotopic (exact) mass is 437 g/mol. The van der Waals surface area contributed by atoms with E-state index < -0.39 is 0 Å². The lowest BCUT2D eigenvalue weighted by Gasteiger charge is -2.22. The molecule has 0 spiro atoms. The predicted octanol–water partition coefficient (Wildman–Crippen LogP) is 6.66. The van der Waals surface area contributed by atoms with Gasteiger partial charge >= 0.3 is 0 Å². The van der Waals surface area contributed by atoms with Crippen LogP contribution in [-0.4, -0.2) is 24.7 Å². The number of hydrogen-bond acceptors (Lipinski definition) is 3. The maximum atomic E-state index is 15.1. The Balaban J connectivity index is 1.27. The van der Waals surface area contributed by atoms with Crippen molar-refractivity contribution in [2.75, 3.05) is 0 Å². The summed E-state index contributed by atoms with van der Waals surface area (Å²) in [4.78, 5) is 11.8. The van der Waals surface area contributed by atoms with Crippen molar-refractivity contribution < 1.29 is 4.39 Å². The van der Waals surface area contributed by atoms with Gasteiger partial charge in [0.15, 0.2) is 0 Å². The average molecular weight is 438 g/mol. The molecule has 1 aliphatic carbocycles. The van der Waals surface area contributed by atoms with Gasteiger partial charge in [-0.3, -0.25) is 0 Å². The molecule has 6 heteroatoms. The lowest BCUT2D eigenvalue weighted by atomic mass is 9.83. The molecule has 2 heterocycles. The number of hydrogen-bond donors (Lipinski definition) is 1. The molecule has 1 N–H and O–H groups in total. The van der Waals surface area contributed by atoms with E-state index in [4.69, 9.17) is 0 Å². The van der Waals surface area contributed by atoms with Crippen molar-refractivity contribution in [2.24, 2.45) is 0 Å². The minimum absolute atomic E-state index is 0.292. The first-order valence-corrected chi connectivity index (χ1v) is 11.5. The van der Waals surface area contributed by atoms with Crippen LogP contribution < -0.4 is 0 Å². The predicted molar refractivity (Wildman–Crippen MR) is 128 cm³/mol. The number of halogens is 1. The largest absolute Gasteiger partial charge is 0.338 e. The van der Waals surface area contributed by atoms with Crippen LogP contribution in [0.1, 0.15) is 43.6 Å². The lowest BCUT2D eigenvalue weighted by molar-refractivity contribution is 0.443. The van der Waals surface area contributed by atoms with Gasteiger partial charge in [0.1, 0.15) is 24.3 Å². The van der Waals surface area contributed by atoms with Gasteiger partial charge in [0.2, 0.25) is 0 Å². The molecule has 1 saturated carbocycles. The van der Waals surface area contributed by atoms with Crippen molar-refractivity contribution in [1.29, 1.82) is 0 Å². The number of fused-ring (bicyclic) bond motifs is 1. The summed E-state index contributed by atoms with van der Waals surface area (Å²) in [6, 6.07) is 19.8. The van der Waals surface area contributed by atoms with Gasteiger partial charge in [-0.05, 0) is 65.8 Å². The summed E-state index contributed by atoms with van der Waals surface area (Å²) in [5.74, 6) is 0.891. The molecular formula is C27H24FN5. The van der Waals surface area contributed by atoms with Crippen molar-refractivity contribution in [3.8, 4) is 28.2 Å². The summed E-state index contributed by atoms with van der Waals surface area (Å²) >= 11 is 0. The molecule has 5 aromatic rings. The van der Waals surface area contributed by atoms with Gasteiger partial charge < -0.3 is 4.98 Å². The second kappa shape index (κ2) is 8.28. The van der Waals surface area contributed by atoms with Crippen molar-refractivity contribution in [2.45, 2.75) is 38.0 Å². The summed E-state index contributed by atoms with van der Waals surface area (Å²) in [6.45, 7) is 0. The quantitative estimate of drug-likeness (QED) is 0.342. The Morgan fingerprint density at radius 2 is 1.70 bits per heavy atom. The molecule has 0 bridgehead atoms. The molecule has 0 atom stereocenters. The Morgan fingerprint density at radius 1 is 0.879 bits per heavy atom. The molecule has 0 saturated heterocycles. The summed E-state index contributed by atoms with van der Waals surface area (Å²) in [5.41, 5.74) is 6.22. The standard InChI is InChI=1S/C27H24FN5/c28-24-14-21(20-8-6-19(7-9-20)18-4-2-1-3-5-18)10-12-23(24)27-31-25-13-11-22(15-26(25)32-27)33-17-29-16-30-33/h6-18H,1-5H2,(H,31,32). The molecule has 0 amide bonds. The van der Waals surface area contributed by atoms with Crippen LogP contribution in [0, 0.1) is 5.82 Å². The van der Waals surface area contributed by atoms with E-state index in [1.54, 1.807) is 23.1 Å². The van der Waals surface area contributed by atoms with Gasteiger partial charge in [-0.15, -0.1) is 0 Å². The van der Waals surface area contributed by atoms with Crippen molar-refractivity contribution in [3.05, 3.63) is 84.7 Å². The van der Waals surface area contributed by atoms with Gasteiger partial charge in [0.05, 0.1) is 22.3 Å². The molecule has 3 aromatic carbocycles. The van der Waals surface area contributed by atoms with Crippen molar-refractivity contribution >= 4 is 11.0 Å². The minimum Gasteiger partial charge on any atom is -0.338 e. The maximum absolute atomic E-state index is 15.1. The molecule has 6 rings (SSSR count). The number of H-pyrrole nitrogens is 1. The molecule has 0 aliphatic heterocycles. The first-order valence-electron chi connectivity index (χ1n) is 11.5. The highest BCUT2D eigenvalue weighted by atomic mass is 19.1. The zero-order valence-electron chi connectivity index (χ0n) is 18.2. The Hall–Kier alpha value is -3.80. The van der Waals surface area contributed by atoms with E-state index in [-0.39, 0.29) is 5.82 Å². The summed E-state index contributed by atoms with van der Waals surface area (Å²) < 4.78 is 16.8. The van der Waals surface area contributed by atoms with Crippen LogP contribution in [0.3, 0.4) is 0 Å². The van der Waals surface area contributed by atoms with Gasteiger partial charge in [0.25, 0.3) is 0 Å². The van der Waals surface area contributed by atoms with Crippen LogP contribution in [0.4, 0.5) is 4.39 Å². The van der Waals surface area contributed by atoms with Crippen LogP contribution in [-0.2, 0) is 0 Å². The SMILES string of the molecule is Fc1cc(-c2ccc(C3CCCCC3)cc2)ccc1-c1nc2ccc(-n3cncn3)cc2[nH]1. The molecule has 33 heavy (non-hydrogen) atoms. The highest BCUT2D eigenvalue weighted by Crippen LogP contribution is 2.34. The van der Waals surface area contributed by atoms with Gasteiger partial charge in [-0.2, -0.15) is 5.10 Å². The first kappa shape index (κ1) is 19.9. The zero-order chi connectivity index (χ0) is 22.2. The number of nitrogens with zero attached hydrogens (tertiary/aromatic N) is 4. The number of imidazole rings is 1. The van der Waals surface area contributed by atoms with Gasteiger partial charge in [-0.1, -0.05) is 49.6 Å². The zero-order valence-corrected chi connectivity index (χ0v) is 18.2. The van der Waals surface area contributed by atoms with E-state index >= 15 is 4.39 Å². The topological polar surface area (TPSA) is 59.4 Å². The van der Waals surface area contributed by atoms with Gasteiger partial charge in [-0.25, -0.2) is 19.0 Å². The number of aromatic amines is 1. The fourth-order valence-corrected chi connectivity index (χ4v) is 4.88. The van der Waals surface area contributed by atoms with Crippen molar-refractivity contribution in [1.82, 2.24) is 24.7 Å². The Labute approximate surface area is 191 Å². The van der Waals surface area contributed by atoms with Crippen LogP contribution in [0.15, 0.2) is 73.3 Å². The molecule has 0 radical (unpaired) electrons. The van der Waals surface area contributed by atoms with Crippen LogP contribution in [0.2, 0.25) is 0 Å². The fourth-order valence-electron chi connectivity index (χ4n) is 4.88. The second-order valence-corrected chi connectivity index (χ2v) is 8.78. The van der Waals surface area contributed by atoms with E-state index in [0.29, 0.717) is 17.3 Å². The molecular weight excluding hydrogens is 413 g/mol. The molecule has 5 nitrogen and oxygen atoms in total. The van der Waals surface area contributed by atoms with E-state index in [1.807, 2.05) is 24.3 Å². The summed E-state index contributed by atoms with van der Waals surface area (Å²) in [6.07, 6.45) is 9.68. The molecule has 1 aliphatic rings.